The molecule has 2 heterocycles. The lowest BCUT2D eigenvalue weighted by atomic mass is 10.1. The Balaban J connectivity index is 1.62. The van der Waals surface area contributed by atoms with Crippen LogP contribution in [-0.2, 0) is 15.6 Å². The Morgan fingerprint density at radius 3 is 2.52 bits per heavy atom. The monoisotopic (exact) mass is 372 g/mol. The van der Waals surface area contributed by atoms with Crippen molar-refractivity contribution in [3.8, 4) is 0 Å². The number of sulfone groups is 1. The molecule has 0 amide bonds. The number of aryl methyl sites for hydroxylation is 1. The molecule has 130 valence electrons. The van der Waals surface area contributed by atoms with E-state index < -0.39 is 9.84 Å². The third kappa shape index (κ3) is 3.46. The van der Waals surface area contributed by atoms with Gasteiger partial charge in [0.1, 0.15) is 0 Å². The molecule has 2 aromatic rings. The fraction of sp³-hybridized carbons (Fsp3) is 0.316. The first-order chi connectivity index (χ1) is 12.0. The van der Waals surface area contributed by atoms with Crippen molar-refractivity contribution in [3.63, 3.8) is 0 Å². The highest BCUT2D eigenvalue weighted by Gasteiger charge is 2.47. The molecule has 2 aromatic carbocycles. The van der Waals surface area contributed by atoms with Gasteiger partial charge in [0, 0.05) is 11.4 Å². The lowest BCUT2D eigenvalue weighted by molar-refractivity contribution is 0.601. The maximum atomic E-state index is 12.1. The van der Waals surface area contributed by atoms with Gasteiger partial charge in [-0.25, -0.2) is 8.42 Å². The number of anilines is 1. The Labute approximate surface area is 152 Å². The van der Waals surface area contributed by atoms with E-state index in [1.54, 1.807) is 11.8 Å². The summed E-state index contributed by atoms with van der Waals surface area (Å²) in [5.41, 5.74) is 3.45. The molecule has 25 heavy (non-hydrogen) atoms. The van der Waals surface area contributed by atoms with Gasteiger partial charge < -0.3 is 4.90 Å². The minimum atomic E-state index is -3.00. The van der Waals surface area contributed by atoms with Crippen LogP contribution in [0.25, 0.3) is 0 Å². The predicted octanol–water partition coefficient (Wildman–Crippen LogP) is 3.27. The zero-order valence-electron chi connectivity index (χ0n) is 14.0. The number of thioether (sulfide) groups is 1. The molecule has 6 heteroatoms. The maximum Gasteiger partial charge on any atom is 0.164 e. The smallest absolute Gasteiger partial charge is 0.164 e. The molecule has 4 rings (SSSR count). The topological polar surface area (TPSA) is 49.7 Å². The first kappa shape index (κ1) is 16.7. The predicted molar refractivity (Wildman–Crippen MR) is 105 cm³/mol. The second-order valence-electron chi connectivity index (χ2n) is 6.60. The fourth-order valence-corrected chi connectivity index (χ4v) is 6.29. The van der Waals surface area contributed by atoms with Gasteiger partial charge in [-0.05, 0) is 24.6 Å². The van der Waals surface area contributed by atoms with Gasteiger partial charge in [0.05, 0.1) is 23.6 Å². The van der Waals surface area contributed by atoms with Crippen molar-refractivity contribution in [2.45, 2.75) is 24.8 Å². The molecule has 0 bridgehead atoms. The van der Waals surface area contributed by atoms with Gasteiger partial charge in [-0.2, -0.15) is 0 Å². The van der Waals surface area contributed by atoms with Crippen LogP contribution < -0.4 is 4.90 Å². The van der Waals surface area contributed by atoms with Gasteiger partial charge in [-0.1, -0.05) is 59.8 Å². The van der Waals surface area contributed by atoms with Crippen LogP contribution in [0.2, 0.25) is 0 Å². The lowest BCUT2D eigenvalue weighted by Gasteiger charge is -2.26. The number of aliphatic imine (C=N–C) groups is 1. The van der Waals surface area contributed by atoms with Crippen LogP contribution in [0.3, 0.4) is 0 Å². The molecule has 0 N–H and O–H groups in total. The number of benzene rings is 2. The first-order valence-electron chi connectivity index (χ1n) is 8.33. The van der Waals surface area contributed by atoms with Crippen molar-refractivity contribution in [2.24, 2.45) is 4.99 Å². The summed E-state index contributed by atoms with van der Waals surface area (Å²) in [6.07, 6.45) is 0. The van der Waals surface area contributed by atoms with Crippen molar-refractivity contribution in [2.75, 3.05) is 16.4 Å². The Kier molecular flexibility index (Phi) is 4.33. The number of fused-ring (bicyclic) bond motifs is 1. The summed E-state index contributed by atoms with van der Waals surface area (Å²) in [5, 5.41) is 0.928. The Morgan fingerprint density at radius 2 is 1.80 bits per heavy atom. The molecule has 2 aliphatic rings. The summed E-state index contributed by atoms with van der Waals surface area (Å²) in [4.78, 5) is 6.89. The van der Waals surface area contributed by atoms with E-state index in [0.717, 1.165) is 16.6 Å². The normalized spacial score (nSPS) is 24.2. The van der Waals surface area contributed by atoms with Crippen LogP contribution in [0, 0.1) is 6.92 Å². The van der Waals surface area contributed by atoms with E-state index >= 15 is 0 Å². The second-order valence-corrected chi connectivity index (χ2v) is 9.70. The van der Waals surface area contributed by atoms with Crippen molar-refractivity contribution in [1.29, 1.82) is 0 Å². The van der Waals surface area contributed by atoms with E-state index in [1.807, 2.05) is 18.2 Å². The highest BCUT2D eigenvalue weighted by molar-refractivity contribution is 8.13. The summed E-state index contributed by atoms with van der Waals surface area (Å²) in [6, 6.07) is 18.3. The van der Waals surface area contributed by atoms with E-state index in [9.17, 15) is 8.42 Å². The second kappa shape index (κ2) is 6.50. The zero-order valence-corrected chi connectivity index (χ0v) is 15.6. The average molecular weight is 373 g/mol. The third-order valence-electron chi connectivity index (χ3n) is 4.63. The Bertz CT molecular complexity index is 893. The van der Waals surface area contributed by atoms with Crippen molar-refractivity contribution in [3.05, 3.63) is 65.7 Å². The van der Waals surface area contributed by atoms with E-state index in [1.165, 1.54) is 11.1 Å². The summed E-state index contributed by atoms with van der Waals surface area (Å²) in [6.45, 7) is 2.05. The molecule has 0 saturated carbocycles. The maximum absolute atomic E-state index is 12.1. The molecule has 1 fully saturated rings. The van der Waals surface area contributed by atoms with E-state index in [0.29, 0.717) is 0 Å². The number of hydrogen-bond acceptors (Lipinski definition) is 5. The van der Waals surface area contributed by atoms with E-state index in [-0.39, 0.29) is 23.6 Å². The first-order valence-corrected chi connectivity index (χ1v) is 11.1. The highest BCUT2D eigenvalue weighted by Crippen LogP contribution is 2.35. The van der Waals surface area contributed by atoms with E-state index in [4.69, 9.17) is 4.99 Å². The molecule has 2 atom stereocenters. The van der Waals surface area contributed by atoms with Gasteiger partial charge in [0.15, 0.2) is 15.0 Å². The zero-order chi connectivity index (χ0) is 17.4. The molecule has 0 spiro atoms. The Morgan fingerprint density at radius 1 is 1.08 bits per heavy atom. The SMILES string of the molecule is Cc1ccc(N2C(SCc3ccccc3)=N[C@H]3CS(=O)(=O)C[C@@H]32)cc1. The molecule has 2 aliphatic heterocycles. The summed E-state index contributed by atoms with van der Waals surface area (Å²) in [5.74, 6) is 1.17. The van der Waals surface area contributed by atoms with Gasteiger partial charge in [0.25, 0.3) is 0 Å². The van der Waals surface area contributed by atoms with Crippen LogP contribution >= 0.6 is 11.8 Å². The number of amidine groups is 1. The molecule has 0 aliphatic carbocycles. The molecule has 4 nitrogen and oxygen atoms in total. The van der Waals surface area contributed by atoms with Crippen LogP contribution in [0.1, 0.15) is 11.1 Å². The number of rotatable bonds is 3. The molecular formula is C19H20N2O2S2. The van der Waals surface area contributed by atoms with Gasteiger partial charge in [0.2, 0.25) is 0 Å². The molecule has 1 saturated heterocycles. The highest BCUT2D eigenvalue weighted by atomic mass is 32.2. The molecule has 0 unspecified atom stereocenters. The van der Waals surface area contributed by atoms with Crippen molar-refractivity contribution < 1.29 is 8.42 Å². The molecular weight excluding hydrogens is 352 g/mol. The average Bonchev–Trinajstić information content (AvgIpc) is 3.06. The standard InChI is InChI=1S/C19H20N2O2S2/c1-14-7-9-16(10-8-14)21-18-13-25(22,23)12-17(18)20-19(21)24-11-15-5-3-2-4-6-15/h2-10,17-18H,11-13H2,1H3/t17-,18-/m0/s1. The van der Waals surface area contributed by atoms with Crippen LogP contribution in [0.5, 0.6) is 0 Å². The van der Waals surface area contributed by atoms with Crippen LogP contribution in [-0.4, -0.2) is 37.2 Å². The number of nitrogens with zero attached hydrogens (tertiary/aromatic N) is 2. The summed E-state index contributed by atoms with van der Waals surface area (Å²) in [7, 11) is -3.00. The fourth-order valence-electron chi connectivity index (χ4n) is 3.36. The van der Waals surface area contributed by atoms with Crippen LogP contribution in [0.4, 0.5) is 5.69 Å². The minimum Gasteiger partial charge on any atom is -0.315 e. The largest absolute Gasteiger partial charge is 0.315 e. The van der Waals surface area contributed by atoms with Crippen LogP contribution in [0.15, 0.2) is 59.6 Å². The Hall–Kier alpha value is -1.79. The molecule has 0 radical (unpaired) electrons. The van der Waals surface area contributed by atoms with Gasteiger partial charge in [-0.3, -0.25) is 4.99 Å². The quantitative estimate of drug-likeness (QED) is 0.830. The summed E-state index contributed by atoms with van der Waals surface area (Å²) >= 11 is 1.68. The minimum absolute atomic E-state index is 0.0778. The molecule has 0 aromatic heterocycles. The van der Waals surface area contributed by atoms with E-state index in [2.05, 4.69) is 48.2 Å². The number of hydrogen-bond donors (Lipinski definition) is 0. The lowest BCUT2D eigenvalue weighted by Crippen LogP contribution is -2.39. The van der Waals surface area contributed by atoms with Crippen molar-refractivity contribution >= 4 is 32.5 Å². The van der Waals surface area contributed by atoms with Gasteiger partial charge in [-0.15, -0.1) is 0 Å². The van der Waals surface area contributed by atoms with Gasteiger partial charge >= 0.3 is 0 Å². The van der Waals surface area contributed by atoms with Crippen molar-refractivity contribution in [1.82, 2.24) is 0 Å². The summed E-state index contributed by atoms with van der Waals surface area (Å²) < 4.78 is 24.1. The third-order valence-corrected chi connectivity index (χ3v) is 7.37.